The first-order valence-electron chi connectivity index (χ1n) is 6.79. The lowest BCUT2D eigenvalue weighted by molar-refractivity contribution is 0.876. The van der Waals surface area contributed by atoms with Gasteiger partial charge in [-0.2, -0.15) is 0 Å². The molecule has 0 heterocycles. The summed E-state index contributed by atoms with van der Waals surface area (Å²) < 4.78 is 0. The molecule has 0 aliphatic heterocycles. The molecule has 0 amide bonds. The molecule has 1 nitrogen and oxygen atoms in total. The topological polar surface area (TPSA) is 3.24 Å². The predicted molar refractivity (Wildman–Crippen MR) is 83.7 cm³/mol. The Bertz CT molecular complexity index is 498. The number of fused-ring (bicyclic) bond motifs is 1. The van der Waals surface area contributed by atoms with Crippen LogP contribution in [0.5, 0.6) is 0 Å². The number of rotatable bonds is 2. The lowest BCUT2D eigenvalue weighted by Gasteiger charge is -2.15. The zero-order valence-corrected chi connectivity index (χ0v) is 12.5. The fourth-order valence-corrected chi connectivity index (χ4v) is 2.08. The van der Waals surface area contributed by atoms with Gasteiger partial charge in [-0.15, -0.1) is 0 Å². The Balaban J connectivity index is 0.000000771. The van der Waals surface area contributed by atoms with Gasteiger partial charge in [-0.3, -0.25) is 0 Å². The second-order valence-electron chi connectivity index (χ2n) is 4.80. The third-order valence-electron chi connectivity index (χ3n) is 3.04. The zero-order chi connectivity index (χ0) is 13.7. The van der Waals surface area contributed by atoms with Crippen LogP contribution in [0.2, 0.25) is 0 Å². The summed E-state index contributed by atoms with van der Waals surface area (Å²) in [4.78, 5) is 2.14. The maximum Gasteiger partial charge on any atom is 0.0367 e. The van der Waals surface area contributed by atoms with E-state index in [4.69, 9.17) is 0 Å². The quantitative estimate of drug-likeness (QED) is 0.713. The van der Waals surface area contributed by atoms with Crippen LogP contribution in [0.15, 0.2) is 36.4 Å². The van der Waals surface area contributed by atoms with Crippen molar-refractivity contribution in [1.29, 1.82) is 0 Å². The SMILES string of the molecule is CC.CC(C)c1cccc2cc(N(C)C)ccc12. The van der Waals surface area contributed by atoms with Crippen molar-refractivity contribution in [2.75, 3.05) is 19.0 Å². The molecule has 1 heteroatoms. The number of nitrogens with zero attached hydrogens (tertiary/aromatic N) is 1. The molecule has 0 unspecified atom stereocenters. The maximum atomic E-state index is 2.25. The van der Waals surface area contributed by atoms with E-state index in [0.717, 1.165) is 0 Å². The summed E-state index contributed by atoms with van der Waals surface area (Å²) in [7, 11) is 4.15. The minimum Gasteiger partial charge on any atom is -0.378 e. The van der Waals surface area contributed by atoms with Gasteiger partial charge in [0.15, 0.2) is 0 Å². The van der Waals surface area contributed by atoms with Gasteiger partial charge in [0.25, 0.3) is 0 Å². The fourth-order valence-electron chi connectivity index (χ4n) is 2.08. The first kappa shape index (κ1) is 14.6. The van der Waals surface area contributed by atoms with E-state index in [1.165, 1.54) is 22.0 Å². The highest BCUT2D eigenvalue weighted by Gasteiger charge is 2.05. The van der Waals surface area contributed by atoms with Crippen molar-refractivity contribution in [1.82, 2.24) is 0 Å². The Kier molecular flexibility index (Phi) is 5.21. The van der Waals surface area contributed by atoms with Crippen LogP contribution in [-0.4, -0.2) is 14.1 Å². The van der Waals surface area contributed by atoms with Crippen LogP contribution in [0.4, 0.5) is 5.69 Å². The minimum absolute atomic E-state index is 0.578. The van der Waals surface area contributed by atoms with Crippen molar-refractivity contribution in [2.45, 2.75) is 33.6 Å². The highest BCUT2D eigenvalue weighted by atomic mass is 15.1. The van der Waals surface area contributed by atoms with Crippen LogP contribution in [0, 0.1) is 0 Å². The molecule has 2 aromatic rings. The number of anilines is 1. The highest BCUT2D eigenvalue weighted by Crippen LogP contribution is 2.28. The van der Waals surface area contributed by atoms with Gasteiger partial charge in [-0.05, 0) is 34.4 Å². The van der Waals surface area contributed by atoms with Gasteiger partial charge in [-0.25, -0.2) is 0 Å². The summed E-state index contributed by atoms with van der Waals surface area (Å²) in [5, 5.41) is 2.71. The molecule has 0 aliphatic carbocycles. The number of hydrogen-bond acceptors (Lipinski definition) is 1. The molecule has 18 heavy (non-hydrogen) atoms. The lowest BCUT2D eigenvalue weighted by atomic mass is 9.96. The molecule has 0 atom stereocenters. The lowest BCUT2D eigenvalue weighted by Crippen LogP contribution is -2.08. The van der Waals surface area contributed by atoms with Crippen LogP contribution < -0.4 is 4.90 Å². The summed E-state index contributed by atoms with van der Waals surface area (Å²) in [6.07, 6.45) is 0. The minimum atomic E-state index is 0.578. The van der Waals surface area contributed by atoms with E-state index in [0.29, 0.717) is 5.92 Å². The van der Waals surface area contributed by atoms with E-state index in [1.54, 1.807) is 0 Å². The Morgan fingerprint density at radius 2 is 1.61 bits per heavy atom. The molecule has 2 aromatic carbocycles. The average Bonchev–Trinajstić information content (AvgIpc) is 2.39. The molecule has 0 saturated carbocycles. The summed E-state index contributed by atoms with van der Waals surface area (Å²) in [5.74, 6) is 0.578. The smallest absolute Gasteiger partial charge is 0.0367 e. The van der Waals surface area contributed by atoms with Crippen molar-refractivity contribution >= 4 is 16.5 Å². The van der Waals surface area contributed by atoms with E-state index in [-0.39, 0.29) is 0 Å². The molecular weight excluding hydrogens is 218 g/mol. The molecule has 0 spiro atoms. The molecular formula is C17H25N. The summed E-state index contributed by atoms with van der Waals surface area (Å²) in [6, 6.07) is 13.2. The van der Waals surface area contributed by atoms with Crippen LogP contribution in [0.3, 0.4) is 0 Å². The molecule has 2 rings (SSSR count). The van der Waals surface area contributed by atoms with Crippen molar-refractivity contribution in [3.63, 3.8) is 0 Å². The van der Waals surface area contributed by atoms with Crippen LogP contribution in [-0.2, 0) is 0 Å². The average molecular weight is 243 g/mol. The number of benzene rings is 2. The largest absolute Gasteiger partial charge is 0.378 e. The van der Waals surface area contributed by atoms with Gasteiger partial charge in [0.1, 0.15) is 0 Å². The Labute approximate surface area is 111 Å². The summed E-state index contributed by atoms with van der Waals surface area (Å²) in [5.41, 5.74) is 2.69. The van der Waals surface area contributed by atoms with Gasteiger partial charge < -0.3 is 4.90 Å². The van der Waals surface area contributed by atoms with Crippen LogP contribution >= 0.6 is 0 Å². The normalized spacial score (nSPS) is 10.2. The van der Waals surface area contributed by atoms with Crippen LogP contribution in [0.1, 0.15) is 39.2 Å². The van der Waals surface area contributed by atoms with Gasteiger partial charge in [-0.1, -0.05) is 52.0 Å². The third-order valence-corrected chi connectivity index (χ3v) is 3.04. The van der Waals surface area contributed by atoms with Gasteiger partial charge in [0.05, 0.1) is 0 Å². The first-order chi connectivity index (χ1) is 8.59. The van der Waals surface area contributed by atoms with E-state index < -0.39 is 0 Å². The molecule has 0 saturated heterocycles. The standard InChI is InChI=1S/C15H19N.C2H6/c1-11(2)14-7-5-6-12-10-13(16(3)4)8-9-15(12)14;1-2/h5-11H,1-4H3;1-2H3. The summed E-state index contributed by atoms with van der Waals surface area (Å²) in [6.45, 7) is 8.49. The van der Waals surface area contributed by atoms with Gasteiger partial charge >= 0.3 is 0 Å². The van der Waals surface area contributed by atoms with Crippen molar-refractivity contribution in [3.05, 3.63) is 42.0 Å². The molecule has 0 aromatic heterocycles. The highest BCUT2D eigenvalue weighted by molar-refractivity contribution is 5.89. The van der Waals surface area contributed by atoms with E-state index in [1.807, 2.05) is 13.8 Å². The molecule has 0 N–H and O–H groups in total. The molecule has 0 radical (unpaired) electrons. The maximum absolute atomic E-state index is 2.25. The molecule has 0 fully saturated rings. The van der Waals surface area contributed by atoms with Crippen molar-refractivity contribution in [2.24, 2.45) is 0 Å². The monoisotopic (exact) mass is 243 g/mol. The van der Waals surface area contributed by atoms with Gasteiger partial charge in [0.2, 0.25) is 0 Å². The molecule has 0 aliphatic rings. The second-order valence-corrected chi connectivity index (χ2v) is 4.80. The Morgan fingerprint density at radius 3 is 2.17 bits per heavy atom. The molecule has 0 bridgehead atoms. The van der Waals surface area contributed by atoms with Crippen LogP contribution in [0.25, 0.3) is 10.8 Å². The van der Waals surface area contributed by atoms with E-state index >= 15 is 0 Å². The Morgan fingerprint density at radius 1 is 0.944 bits per heavy atom. The molecule has 98 valence electrons. The number of hydrogen-bond donors (Lipinski definition) is 0. The van der Waals surface area contributed by atoms with Gasteiger partial charge in [0, 0.05) is 19.8 Å². The Hall–Kier alpha value is -1.50. The second kappa shape index (κ2) is 6.44. The van der Waals surface area contributed by atoms with E-state index in [9.17, 15) is 0 Å². The predicted octanol–water partition coefficient (Wildman–Crippen LogP) is 5.06. The first-order valence-corrected chi connectivity index (χ1v) is 6.79. The fraction of sp³-hybridized carbons (Fsp3) is 0.412. The zero-order valence-electron chi connectivity index (χ0n) is 12.5. The van der Waals surface area contributed by atoms with Crippen molar-refractivity contribution in [3.8, 4) is 0 Å². The van der Waals surface area contributed by atoms with E-state index in [2.05, 4.69) is 69.2 Å². The third kappa shape index (κ3) is 3.04. The summed E-state index contributed by atoms with van der Waals surface area (Å²) >= 11 is 0. The van der Waals surface area contributed by atoms with Crippen molar-refractivity contribution < 1.29 is 0 Å².